The molecule has 2 heteroatoms. The van der Waals surface area contributed by atoms with Gasteiger partial charge in [-0.2, -0.15) is 0 Å². The van der Waals surface area contributed by atoms with Crippen LogP contribution < -0.4 is 10.1 Å². The molecule has 1 atom stereocenters. The van der Waals surface area contributed by atoms with Gasteiger partial charge in [0.15, 0.2) is 0 Å². The van der Waals surface area contributed by atoms with Crippen LogP contribution in [0.5, 0.6) is 5.75 Å². The number of hydrogen-bond donors (Lipinski definition) is 1. The van der Waals surface area contributed by atoms with Gasteiger partial charge in [0.05, 0.1) is 0 Å². The summed E-state index contributed by atoms with van der Waals surface area (Å²) in [5.41, 5.74) is 1.23. The predicted molar refractivity (Wildman–Crippen MR) is 89.6 cm³/mol. The predicted octanol–water partition coefficient (Wildman–Crippen LogP) is 4.70. The average Bonchev–Trinajstić information content (AvgIpc) is 2.52. The van der Waals surface area contributed by atoms with Crippen LogP contribution in [0.2, 0.25) is 0 Å². The van der Waals surface area contributed by atoms with Crippen molar-refractivity contribution < 1.29 is 4.74 Å². The van der Waals surface area contributed by atoms with Crippen molar-refractivity contribution in [2.75, 3.05) is 6.61 Å². The molecule has 21 heavy (non-hydrogen) atoms. The summed E-state index contributed by atoms with van der Waals surface area (Å²) >= 11 is 0. The largest absolute Gasteiger partial charge is 0.489 e. The van der Waals surface area contributed by atoms with Crippen LogP contribution in [0.15, 0.2) is 36.9 Å². The molecule has 2 nitrogen and oxygen atoms in total. The lowest BCUT2D eigenvalue weighted by Crippen LogP contribution is -2.28. The van der Waals surface area contributed by atoms with Crippen LogP contribution in [0, 0.1) is 5.92 Å². The molecule has 0 heterocycles. The van der Waals surface area contributed by atoms with E-state index in [9.17, 15) is 0 Å². The van der Waals surface area contributed by atoms with Gasteiger partial charge in [-0.3, -0.25) is 0 Å². The lowest BCUT2D eigenvalue weighted by atomic mass is 9.85. The zero-order valence-electron chi connectivity index (χ0n) is 13.3. The second kappa shape index (κ2) is 8.89. The summed E-state index contributed by atoms with van der Waals surface area (Å²) in [6, 6.07) is 8.84. The first kappa shape index (κ1) is 16.1. The monoisotopic (exact) mass is 287 g/mol. The highest BCUT2D eigenvalue weighted by Crippen LogP contribution is 2.27. The number of benzene rings is 1. The Morgan fingerprint density at radius 1 is 1.29 bits per heavy atom. The van der Waals surface area contributed by atoms with E-state index in [0.717, 1.165) is 18.2 Å². The maximum Gasteiger partial charge on any atom is 0.124 e. The van der Waals surface area contributed by atoms with Crippen LogP contribution in [-0.4, -0.2) is 12.6 Å². The van der Waals surface area contributed by atoms with Crippen LogP contribution >= 0.6 is 0 Å². The molecule has 0 aromatic heterocycles. The molecule has 1 aromatic carbocycles. The van der Waals surface area contributed by atoms with Gasteiger partial charge in [-0.1, -0.05) is 63.0 Å². The summed E-state index contributed by atoms with van der Waals surface area (Å²) in [5.74, 6) is 1.89. The zero-order valence-corrected chi connectivity index (χ0v) is 13.3. The summed E-state index contributed by atoms with van der Waals surface area (Å²) in [6.07, 6.45) is 10.2. The average molecular weight is 287 g/mol. The van der Waals surface area contributed by atoms with Gasteiger partial charge in [0.25, 0.3) is 0 Å². The smallest absolute Gasteiger partial charge is 0.124 e. The van der Waals surface area contributed by atoms with E-state index in [1.807, 2.05) is 12.1 Å². The van der Waals surface area contributed by atoms with E-state index in [0.29, 0.717) is 12.6 Å². The van der Waals surface area contributed by atoms with Crippen LogP contribution in [0.4, 0.5) is 0 Å². The van der Waals surface area contributed by atoms with Gasteiger partial charge in [-0.05, 0) is 25.3 Å². The van der Waals surface area contributed by atoms with Gasteiger partial charge in [0, 0.05) is 18.2 Å². The molecule has 0 saturated heterocycles. The third-order valence-corrected chi connectivity index (χ3v) is 4.38. The molecule has 0 spiro atoms. The fourth-order valence-corrected chi connectivity index (χ4v) is 3.23. The topological polar surface area (TPSA) is 21.3 Å². The summed E-state index contributed by atoms with van der Waals surface area (Å²) in [5, 5.41) is 3.66. The molecule has 1 aliphatic carbocycles. The Hall–Kier alpha value is -1.28. The van der Waals surface area contributed by atoms with Crippen molar-refractivity contribution >= 4 is 0 Å². The van der Waals surface area contributed by atoms with Gasteiger partial charge < -0.3 is 10.1 Å². The molecule has 116 valence electrons. The molecular formula is C19H29NO. The molecule has 2 rings (SSSR count). The number of rotatable bonds is 8. The molecule has 1 aliphatic rings. The van der Waals surface area contributed by atoms with E-state index >= 15 is 0 Å². The molecular weight excluding hydrogens is 258 g/mol. The Morgan fingerprint density at radius 3 is 2.81 bits per heavy atom. The van der Waals surface area contributed by atoms with Gasteiger partial charge in [0.2, 0.25) is 0 Å². The molecule has 1 fully saturated rings. The van der Waals surface area contributed by atoms with Crippen molar-refractivity contribution in [2.24, 2.45) is 5.92 Å². The van der Waals surface area contributed by atoms with E-state index in [-0.39, 0.29) is 0 Å². The van der Waals surface area contributed by atoms with Crippen molar-refractivity contribution in [3.63, 3.8) is 0 Å². The second-order valence-corrected chi connectivity index (χ2v) is 6.23. The highest BCUT2D eigenvalue weighted by Gasteiger charge is 2.16. The Bertz CT molecular complexity index is 423. The third kappa shape index (κ3) is 5.55. The Morgan fingerprint density at radius 2 is 2.05 bits per heavy atom. The minimum absolute atomic E-state index is 0.564. The standard InChI is InChI=1S/C19H29NO/c1-3-13-21-19-12-8-7-11-18(19)15-20-16(2)14-17-9-5-4-6-10-17/h3,7-8,11-12,16-17,20H,1,4-6,9-10,13-15H2,2H3/t16-/m0/s1. The summed E-state index contributed by atoms with van der Waals surface area (Å²) < 4.78 is 5.71. The SMILES string of the molecule is C=CCOc1ccccc1CN[C@@H](C)CC1CCCCC1. The first-order valence-corrected chi connectivity index (χ1v) is 8.34. The number of ether oxygens (including phenoxy) is 1. The molecule has 1 saturated carbocycles. The van der Waals surface area contributed by atoms with Crippen LogP contribution in [0.3, 0.4) is 0 Å². The molecule has 0 unspecified atom stereocenters. The lowest BCUT2D eigenvalue weighted by molar-refractivity contribution is 0.303. The first-order valence-electron chi connectivity index (χ1n) is 8.34. The van der Waals surface area contributed by atoms with Crippen molar-refractivity contribution in [2.45, 2.75) is 58.0 Å². The van der Waals surface area contributed by atoms with Crippen molar-refractivity contribution in [3.05, 3.63) is 42.5 Å². The minimum Gasteiger partial charge on any atom is -0.489 e. The Kier molecular flexibility index (Phi) is 6.81. The summed E-state index contributed by atoms with van der Waals surface area (Å²) in [6.45, 7) is 7.45. The molecule has 1 N–H and O–H groups in total. The van der Waals surface area contributed by atoms with Crippen LogP contribution in [-0.2, 0) is 6.54 Å². The van der Waals surface area contributed by atoms with Gasteiger partial charge in [-0.15, -0.1) is 0 Å². The fourth-order valence-electron chi connectivity index (χ4n) is 3.23. The van der Waals surface area contributed by atoms with Crippen molar-refractivity contribution in [1.29, 1.82) is 0 Å². The number of nitrogens with one attached hydrogen (secondary N) is 1. The number of para-hydroxylation sites is 1. The summed E-state index contributed by atoms with van der Waals surface area (Å²) in [7, 11) is 0. The second-order valence-electron chi connectivity index (χ2n) is 6.23. The minimum atomic E-state index is 0.564. The van der Waals surface area contributed by atoms with E-state index in [1.54, 1.807) is 6.08 Å². The number of hydrogen-bond acceptors (Lipinski definition) is 2. The van der Waals surface area contributed by atoms with Crippen molar-refractivity contribution in [3.8, 4) is 5.75 Å². The highest BCUT2D eigenvalue weighted by molar-refractivity contribution is 5.33. The first-order chi connectivity index (χ1) is 10.3. The molecule has 0 aliphatic heterocycles. The molecule has 0 amide bonds. The lowest BCUT2D eigenvalue weighted by Gasteiger charge is -2.25. The molecule has 0 bridgehead atoms. The summed E-state index contributed by atoms with van der Waals surface area (Å²) in [4.78, 5) is 0. The van der Waals surface area contributed by atoms with Crippen molar-refractivity contribution in [1.82, 2.24) is 5.32 Å². The quantitative estimate of drug-likeness (QED) is 0.700. The van der Waals surface area contributed by atoms with Gasteiger partial charge >= 0.3 is 0 Å². The normalized spacial score (nSPS) is 17.4. The van der Waals surface area contributed by atoms with Gasteiger partial charge in [0.1, 0.15) is 12.4 Å². The van der Waals surface area contributed by atoms with E-state index in [2.05, 4.69) is 31.0 Å². The Labute approximate surface area is 129 Å². The maximum absolute atomic E-state index is 5.71. The van der Waals surface area contributed by atoms with E-state index in [4.69, 9.17) is 4.74 Å². The molecule has 1 aromatic rings. The Balaban J connectivity index is 1.79. The third-order valence-electron chi connectivity index (χ3n) is 4.38. The van der Waals surface area contributed by atoms with Crippen LogP contribution in [0.25, 0.3) is 0 Å². The maximum atomic E-state index is 5.71. The fraction of sp³-hybridized carbons (Fsp3) is 0.579. The van der Waals surface area contributed by atoms with Gasteiger partial charge in [-0.25, -0.2) is 0 Å². The van der Waals surface area contributed by atoms with Crippen LogP contribution in [0.1, 0.15) is 51.0 Å². The zero-order chi connectivity index (χ0) is 14.9. The molecule has 0 radical (unpaired) electrons. The van der Waals surface area contributed by atoms with E-state index < -0.39 is 0 Å². The highest BCUT2D eigenvalue weighted by atomic mass is 16.5. The van der Waals surface area contributed by atoms with E-state index in [1.165, 1.54) is 44.1 Å².